The molecule has 1 fully saturated rings. The summed E-state index contributed by atoms with van der Waals surface area (Å²) < 4.78 is 0. The number of ketones is 1. The Morgan fingerprint density at radius 3 is 2.58 bits per heavy atom. The molecule has 3 nitrogen and oxygen atoms in total. The lowest BCUT2D eigenvalue weighted by Gasteiger charge is -2.37. The van der Waals surface area contributed by atoms with Gasteiger partial charge in [-0.2, -0.15) is 0 Å². The number of hydrogen-bond acceptors (Lipinski definition) is 3. The summed E-state index contributed by atoms with van der Waals surface area (Å²) in [6, 6.07) is 12.0. The fourth-order valence-electron chi connectivity index (χ4n) is 3.86. The second-order valence-electron chi connectivity index (χ2n) is 7.51. The second-order valence-corrected chi connectivity index (χ2v) is 7.51. The Balaban J connectivity index is 1.48. The Labute approximate surface area is 144 Å². The zero-order valence-electron chi connectivity index (χ0n) is 14.7. The van der Waals surface area contributed by atoms with Crippen molar-refractivity contribution in [3.05, 3.63) is 42.0 Å². The average Bonchev–Trinajstić information content (AvgIpc) is 2.49. The zero-order chi connectivity index (χ0) is 17.1. The molecule has 0 aliphatic heterocycles. The lowest BCUT2D eigenvalue weighted by molar-refractivity contribution is -0.117. The van der Waals surface area contributed by atoms with Gasteiger partial charge in [-0.3, -0.25) is 0 Å². The summed E-state index contributed by atoms with van der Waals surface area (Å²) in [7, 11) is 2.18. The first kappa shape index (κ1) is 17.0. The molecule has 1 aliphatic carbocycles. The van der Waals surface area contributed by atoms with E-state index in [4.69, 9.17) is 0 Å². The molecule has 0 spiro atoms. The molecule has 0 bridgehead atoms. The topological polar surface area (TPSA) is 40.5 Å². The van der Waals surface area contributed by atoms with Crippen LogP contribution in [0.2, 0.25) is 0 Å². The molecule has 0 amide bonds. The molecular weight excluding hydrogens is 298 g/mol. The summed E-state index contributed by atoms with van der Waals surface area (Å²) in [4.78, 5) is 13.4. The van der Waals surface area contributed by atoms with Gasteiger partial charge in [0.05, 0.1) is 0 Å². The molecular formula is C21H27NO2. The maximum absolute atomic E-state index is 11.0. The van der Waals surface area contributed by atoms with Crippen LogP contribution in [0.15, 0.2) is 36.4 Å². The van der Waals surface area contributed by atoms with Crippen molar-refractivity contribution < 1.29 is 9.90 Å². The summed E-state index contributed by atoms with van der Waals surface area (Å²) in [6.07, 6.45) is 4.37. The maximum Gasteiger partial charge on any atom is 0.129 e. The van der Waals surface area contributed by atoms with Gasteiger partial charge in [0.25, 0.3) is 0 Å². The van der Waals surface area contributed by atoms with E-state index in [-0.39, 0.29) is 0 Å². The van der Waals surface area contributed by atoms with Crippen molar-refractivity contribution in [2.75, 3.05) is 13.6 Å². The fourth-order valence-corrected chi connectivity index (χ4v) is 3.86. The standard InChI is InChI=1S/C21H27NO2/c1-15(23)3-4-16-9-18(10-16)14-22(2)13-17-5-6-20-12-21(24)8-7-19(20)11-17/h5-8,11-12,16,18,24H,3-4,9-10,13-14H2,1-2H3. The average molecular weight is 325 g/mol. The Morgan fingerprint density at radius 1 is 1.12 bits per heavy atom. The number of fused-ring (bicyclic) bond motifs is 1. The van der Waals surface area contributed by atoms with E-state index in [0.29, 0.717) is 11.5 Å². The highest BCUT2D eigenvalue weighted by atomic mass is 16.3. The molecule has 0 heterocycles. The number of Topliss-reactive ketones (excluding diaryl/α,β-unsaturated/α-hetero) is 1. The Morgan fingerprint density at radius 2 is 1.83 bits per heavy atom. The molecule has 128 valence electrons. The third-order valence-electron chi connectivity index (χ3n) is 5.15. The van der Waals surface area contributed by atoms with E-state index in [2.05, 4.69) is 30.1 Å². The molecule has 2 aromatic rings. The van der Waals surface area contributed by atoms with Gasteiger partial charge in [0.2, 0.25) is 0 Å². The Kier molecular flexibility index (Phi) is 5.20. The summed E-state index contributed by atoms with van der Waals surface area (Å²) in [5, 5.41) is 11.8. The highest BCUT2D eigenvalue weighted by Gasteiger charge is 2.29. The van der Waals surface area contributed by atoms with Gasteiger partial charge in [-0.05, 0) is 79.6 Å². The smallest absolute Gasteiger partial charge is 0.129 e. The van der Waals surface area contributed by atoms with E-state index < -0.39 is 0 Å². The minimum Gasteiger partial charge on any atom is -0.508 e. The van der Waals surface area contributed by atoms with Crippen LogP contribution in [-0.2, 0) is 11.3 Å². The van der Waals surface area contributed by atoms with Gasteiger partial charge in [0.1, 0.15) is 11.5 Å². The molecule has 0 aromatic heterocycles. The van der Waals surface area contributed by atoms with Crippen LogP contribution >= 0.6 is 0 Å². The van der Waals surface area contributed by atoms with Crippen LogP contribution in [-0.4, -0.2) is 29.4 Å². The molecule has 0 saturated heterocycles. The summed E-state index contributed by atoms with van der Waals surface area (Å²) in [5.74, 6) is 2.18. The first-order valence-electron chi connectivity index (χ1n) is 8.89. The van der Waals surface area contributed by atoms with Crippen molar-refractivity contribution in [1.82, 2.24) is 4.90 Å². The Bertz CT molecular complexity index is 719. The first-order valence-corrected chi connectivity index (χ1v) is 8.89. The lowest BCUT2D eigenvalue weighted by Crippen LogP contribution is -2.34. The molecule has 3 rings (SSSR count). The SMILES string of the molecule is CC(=O)CCC1CC(CN(C)Cc2ccc3cc(O)ccc3c2)C1. The van der Waals surface area contributed by atoms with Gasteiger partial charge >= 0.3 is 0 Å². The van der Waals surface area contributed by atoms with E-state index in [1.165, 1.54) is 23.8 Å². The van der Waals surface area contributed by atoms with Crippen LogP contribution in [0.1, 0.15) is 38.2 Å². The third-order valence-corrected chi connectivity index (χ3v) is 5.15. The number of phenolic OH excluding ortho intramolecular Hbond substituents is 1. The number of rotatable bonds is 7. The predicted molar refractivity (Wildman–Crippen MR) is 98.1 cm³/mol. The van der Waals surface area contributed by atoms with Crippen LogP contribution in [0.5, 0.6) is 5.75 Å². The predicted octanol–water partition coefficient (Wildman–Crippen LogP) is 4.37. The van der Waals surface area contributed by atoms with Crippen LogP contribution < -0.4 is 0 Å². The van der Waals surface area contributed by atoms with Gasteiger partial charge in [0, 0.05) is 19.5 Å². The number of hydrogen-bond donors (Lipinski definition) is 1. The summed E-state index contributed by atoms with van der Waals surface area (Å²) in [6.45, 7) is 3.77. The van der Waals surface area contributed by atoms with E-state index in [9.17, 15) is 9.90 Å². The first-order chi connectivity index (χ1) is 11.5. The number of nitrogens with zero attached hydrogens (tertiary/aromatic N) is 1. The number of carbonyl (C=O) groups is 1. The van der Waals surface area contributed by atoms with Crippen LogP contribution in [0.4, 0.5) is 0 Å². The van der Waals surface area contributed by atoms with E-state index in [0.717, 1.165) is 43.2 Å². The molecule has 1 aliphatic rings. The van der Waals surface area contributed by atoms with E-state index in [1.54, 1.807) is 19.1 Å². The van der Waals surface area contributed by atoms with Gasteiger partial charge in [-0.1, -0.05) is 18.2 Å². The third kappa shape index (κ3) is 4.35. The zero-order valence-corrected chi connectivity index (χ0v) is 14.7. The molecule has 2 aromatic carbocycles. The highest BCUT2D eigenvalue weighted by molar-refractivity contribution is 5.84. The molecule has 24 heavy (non-hydrogen) atoms. The molecule has 0 radical (unpaired) electrons. The quantitative estimate of drug-likeness (QED) is 0.821. The van der Waals surface area contributed by atoms with Gasteiger partial charge in [-0.15, -0.1) is 0 Å². The van der Waals surface area contributed by atoms with Crippen LogP contribution in [0, 0.1) is 11.8 Å². The van der Waals surface area contributed by atoms with Gasteiger partial charge < -0.3 is 14.8 Å². The van der Waals surface area contributed by atoms with Crippen molar-refractivity contribution in [2.24, 2.45) is 11.8 Å². The van der Waals surface area contributed by atoms with Crippen LogP contribution in [0.25, 0.3) is 10.8 Å². The van der Waals surface area contributed by atoms with Gasteiger partial charge in [0.15, 0.2) is 0 Å². The van der Waals surface area contributed by atoms with E-state index in [1.807, 2.05) is 6.07 Å². The summed E-state index contributed by atoms with van der Waals surface area (Å²) >= 11 is 0. The van der Waals surface area contributed by atoms with Crippen LogP contribution in [0.3, 0.4) is 0 Å². The second kappa shape index (κ2) is 7.35. The number of benzene rings is 2. The normalized spacial score (nSPS) is 20.3. The van der Waals surface area contributed by atoms with Crippen molar-refractivity contribution in [3.63, 3.8) is 0 Å². The summed E-state index contributed by atoms with van der Waals surface area (Å²) in [5.41, 5.74) is 1.31. The van der Waals surface area contributed by atoms with Gasteiger partial charge in [-0.25, -0.2) is 0 Å². The largest absolute Gasteiger partial charge is 0.508 e. The van der Waals surface area contributed by atoms with Crippen molar-refractivity contribution in [2.45, 2.75) is 39.2 Å². The van der Waals surface area contributed by atoms with Crippen molar-refractivity contribution >= 4 is 16.6 Å². The number of phenols is 1. The Hall–Kier alpha value is -1.87. The monoisotopic (exact) mass is 325 g/mol. The molecule has 0 atom stereocenters. The molecule has 0 unspecified atom stereocenters. The highest BCUT2D eigenvalue weighted by Crippen LogP contribution is 2.37. The molecule has 3 heteroatoms. The number of aromatic hydroxyl groups is 1. The van der Waals surface area contributed by atoms with E-state index >= 15 is 0 Å². The fraction of sp³-hybridized carbons (Fsp3) is 0.476. The minimum absolute atomic E-state index is 0.316. The van der Waals surface area contributed by atoms with Crippen molar-refractivity contribution in [3.8, 4) is 5.75 Å². The molecule has 1 N–H and O–H groups in total. The van der Waals surface area contributed by atoms with Crippen molar-refractivity contribution in [1.29, 1.82) is 0 Å². The molecule has 1 saturated carbocycles. The minimum atomic E-state index is 0.316. The lowest BCUT2D eigenvalue weighted by atomic mass is 9.72. The number of carbonyl (C=O) groups excluding carboxylic acids is 1. The maximum atomic E-state index is 11.0.